The molecule has 0 aliphatic carbocycles. The van der Waals surface area contributed by atoms with E-state index in [1.54, 1.807) is 0 Å². The summed E-state index contributed by atoms with van der Waals surface area (Å²) in [7, 11) is 0. The minimum atomic E-state index is -0.583. The van der Waals surface area contributed by atoms with Crippen LogP contribution in [0.1, 0.15) is 45.3 Å². The van der Waals surface area contributed by atoms with Crippen LogP contribution in [0.15, 0.2) is 30.3 Å². The van der Waals surface area contributed by atoms with Crippen LogP contribution in [0.25, 0.3) is 0 Å². The van der Waals surface area contributed by atoms with E-state index in [0.717, 1.165) is 18.4 Å². The van der Waals surface area contributed by atoms with Gasteiger partial charge in [0.2, 0.25) is 0 Å². The Morgan fingerprint density at radius 2 is 1.81 bits per heavy atom. The van der Waals surface area contributed by atoms with Crippen molar-refractivity contribution in [1.29, 1.82) is 0 Å². The van der Waals surface area contributed by atoms with Crippen molar-refractivity contribution < 1.29 is 14.9 Å². The molecule has 0 heterocycles. The summed E-state index contributed by atoms with van der Waals surface area (Å²) in [6.07, 6.45) is 1.03. The number of rotatable bonds is 10. The summed E-state index contributed by atoms with van der Waals surface area (Å²) in [5.41, 5.74) is 0.802. The molecule has 0 fully saturated rings. The van der Waals surface area contributed by atoms with Crippen molar-refractivity contribution in [2.45, 2.75) is 51.4 Å². The summed E-state index contributed by atoms with van der Waals surface area (Å²) in [5.74, 6) is 0. The fourth-order valence-electron chi connectivity index (χ4n) is 2.25. The van der Waals surface area contributed by atoms with Crippen molar-refractivity contribution >= 4 is 0 Å². The van der Waals surface area contributed by atoms with Gasteiger partial charge in [-0.15, -0.1) is 0 Å². The Morgan fingerprint density at radius 1 is 1.19 bits per heavy atom. The van der Waals surface area contributed by atoms with E-state index in [0.29, 0.717) is 6.54 Å². The largest absolute Gasteiger partial charge is 0.394 e. The molecule has 0 amide bonds. The molecular formula is C17H29NO3. The molecular weight excluding hydrogens is 266 g/mol. The van der Waals surface area contributed by atoms with Gasteiger partial charge in [-0.3, -0.25) is 0 Å². The van der Waals surface area contributed by atoms with Crippen LogP contribution in [0.2, 0.25) is 0 Å². The Labute approximate surface area is 128 Å². The van der Waals surface area contributed by atoms with Crippen molar-refractivity contribution in [2.75, 3.05) is 19.8 Å². The summed E-state index contributed by atoms with van der Waals surface area (Å²) in [6.45, 7) is 6.82. The van der Waals surface area contributed by atoms with E-state index in [1.807, 2.05) is 51.1 Å². The number of benzene rings is 1. The second kappa shape index (κ2) is 9.15. The van der Waals surface area contributed by atoms with Crippen LogP contribution in [0.5, 0.6) is 0 Å². The van der Waals surface area contributed by atoms with Crippen molar-refractivity contribution in [2.24, 2.45) is 0 Å². The zero-order valence-corrected chi connectivity index (χ0v) is 13.4. The van der Waals surface area contributed by atoms with Gasteiger partial charge in [-0.25, -0.2) is 0 Å². The third kappa shape index (κ3) is 5.75. The highest BCUT2D eigenvalue weighted by Crippen LogP contribution is 2.17. The van der Waals surface area contributed by atoms with Crippen LogP contribution < -0.4 is 5.32 Å². The second-order valence-electron chi connectivity index (χ2n) is 5.57. The van der Waals surface area contributed by atoms with Gasteiger partial charge in [0.1, 0.15) is 0 Å². The van der Waals surface area contributed by atoms with E-state index < -0.39 is 6.10 Å². The smallest absolute Gasteiger partial charge is 0.0898 e. The normalized spacial score (nSPS) is 14.9. The highest BCUT2D eigenvalue weighted by Gasteiger charge is 2.25. The fourth-order valence-corrected chi connectivity index (χ4v) is 2.25. The third-order valence-electron chi connectivity index (χ3n) is 4.18. The lowest BCUT2D eigenvalue weighted by Gasteiger charge is -2.32. The average Bonchev–Trinajstić information content (AvgIpc) is 2.55. The van der Waals surface area contributed by atoms with Crippen LogP contribution in [-0.2, 0) is 4.74 Å². The Balaban J connectivity index is 2.35. The maximum absolute atomic E-state index is 10.0. The van der Waals surface area contributed by atoms with E-state index in [2.05, 4.69) is 5.32 Å². The predicted molar refractivity (Wildman–Crippen MR) is 85.2 cm³/mol. The number of hydrogen-bond acceptors (Lipinski definition) is 4. The maximum atomic E-state index is 10.0. The summed E-state index contributed by atoms with van der Waals surface area (Å²) < 4.78 is 5.70. The first kappa shape index (κ1) is 18.1. The molecule has 2 atom stereocenters. The lowest BCUT2D eigenvalue weighted by Crippen LogP contribution is -2.50. The molecule has 4 heteroatoms. The van der Waals surface area contributed by atoms with Gasteiger partial charge in [-0.1, -0.05) is 44.2 Å². The molecule has 0 aliphatic rings. The van der Waals surface area contributed by atoms with E-state index in [9.17, 15) is 10.2 Å². The first-order chi connectivity index (χ1) is 10.1. The summed E-state index contributed by atoms with van der Waals surface area (Å²) in [4.78, 5) is 0. The minimum Gasteiger partial charge on any atom is -0.394 e. The third-order valence-corrected chi connectivity index (χ3v) is 4.18. The Hall–Kier alpha value is -0.940. The molecule has 4 nitrogen and oxygen atoms in total. The number of β-amino-alcohol motifs (C(OH)–C–C–N with tert-alkyl or cyclic N) is 1. The predicted octanol–water partition coefficient (Wildman–Crippen LogP) is 2.27. The van der Waals surface area contributed by atoms with Gasteiger partial charge in [-0.2, -0.15) is 0 Å². The lowest BCUT2D eigenvalue weighted by molar-refractivity contribution is -0.00684. The molecule has 21 heavy (non-hydrogen) atoms. The Bertz CT molecular complexity index is 371. The molecule has 0 saturated carbocycles. The number of hydrogen-bond donors (Lipinski definition) is 3. The average molecular weight is 295 g/mol. The molecule has 0 saturated heterocycles. The fraction of sp³-hybridized carbons (Fsp3) is 0.647. The van der Waals surface area contributed by atoms with Crippen LogP contribution in [0, 0.1) is 0 Å². The van der Waals surface area contributed by atoms with E-state index in [-0.39, 0.29) is 24.9 Å². The molecule has 120 valence electrons. The van der Waals surface area contributed by atoms with Crippen molar-refractivity contribution in [3.05, 3.63) is 35.9 Å². The van der Waals surface area contributed by atoms with Gasteiger partial charge < -0.3 is 20.3 Å². The number of aliphatic hydroxyl groups is 2. The van der Waals surface area contributed by atoms with E-state index in [4.69, 9.17) is 4.74 Å². The SMILES string of the molecule is CCC(CC)(CO)NCC(O)COC(C)c1ccccc1. The molecule has 1 rings (SSSR count). The second-order valence-corrected chi connectivity index (χ2v) is 5.57. The minimum absolute atomic E-state index is 0.0409. The monoisotopic (exact) mass is 295 g/mol. The van der Waals surface area contributed by atoms with Crippen LogP contribution in [0.3, 0.4) is 0 Å². The molecule has 0 radical (unpaired) electrons. The van der Waals surface area contributed by atoms with Crippen molar-refractivity contribution in [1.82, 2.24) is 5.32 Å². The number of nitrogens with one attached hydrogen (secondary N) is 1. The van der Waals surface area contributed by atoms with Crippen molar-refractivity contribution in [3.63, 3.8) is 0 Å². The molecule has 3 N–H and O–H groups in total. The highest BCUT2D eigenvalue weighted by atomic mass is 16.5. The quantitative estimate of drug-likeness (QED) is 0.619. The summed E-state index contributed by atoms with van der Waals surface area (Å²) in [6, 6.07) is 9.95. The van der Waals surface area contributed by atoms with Crippen LogP contribution in [0.4, 0.5) is 0 Å². The zero-order valence-electron chi connectivity index (χ0n) is 13.4. The molecule has 1 aromatic carbocycles. The topological polar surface area (TPSA) is 61.7 Å². The summed E-state index contributed by atoms with van der Waals surface area (Å²) in [5, 5.41) is 22.8. The Kier molecular flexibility index (Phi) is 7.89. The highest BCUT2D eigenvalue weighted by molar-refractivity contribution is 5.16. The van der Waals surface area contributed by atoms with Gasteiger partial charge in [0.05, 0.1) is 25.4 Å². The van der Waals surface area contributed by atoms with Crippen LogP contribution in [-0.4, -0.2) is 41.6 Å². The lowest BCUT2D eigenvalue weighted by atomic mass is 9.94. The molecule has 0 aliphatic heterocycles. The molecule has 2 unspecified atom stereocenters. The molecule has 1 aromatic rings. The summed E-state index contributed by atoms with van der Waals surface area (Å²) >= 11 is 0. The molecule has 0 aromatic heterocycles. The number of aliphatic hydroxyl groups excluding tert-OH is 2. The van der Waals surface area contributed by atoms with Crippen LogP contribution >= 0.6 is 0 Å². The zero-order chi connectivity index (χ0) is 15.7. The van der Waals surface area contributed by atoms with Gasteiger partial charge in [-0.05, 0) is 25.3 Å². The van der Waals surface area contributed by atoms with Gasteiger partial charge in [0.25, 0.3) is 0 Å². The first-order valence-corrected chi connectivity index (χ1v) is 7.77. The Morgan fingerprint density at radius 3 is 2.33 bits per heavy atom. The van der Waals surface area contributed by atoms with Gasteiger partial charge in [0.15, 0.2) is 0 Å². The van der Waals surface area contributed by atoms with Crippen molar-refractivity contribution in [3.8, 4) is 0 Å². The van der Waals surface area contributed by atoms with E-state index in [1.165, 1.54) is 0 Å². The molecule has 0 bridgehead atoms. The van der Waals surface area contributed by atoms with E-state index >= 15 is 0 Å². The molecule has 0 spiro atoms. The van der Waals surface area contributed by atoms with Gasteiger partial charge in [0, 0.05) is 12.1 Å². The standard InChI is InChI=1S/C17H29NO3/c1-4-17(5-2,13-19)18-11-16(20)12-21-14(3)15-9-7-6-8-10-15/h6-10,14,16,18-20H,4-5,11-13H2,1-3H3. The number of ether oxygens (including phenoxy) is 1. The maximum Gasteiger partial charge on any atom is 0.0898 e. The first-order valence-electron chi connectivity index (χ1n) is 7.77. The van der Waals surface area contributed by atoms with Gasteiger partial charge >= 0.3 is 0 Å².